The first kappa shape index (κ1) is 21.3. The summed E-state index contributed by atoms with van der Waals surface area (Å²) in [6.07, 6.45) is 0.673. The number of benzene rings is 2. The molecule has 1 fully saturated rings. The summed E-state index contributed by atoms with van der Waals surface area (Å²) in [6.45, 7) is 2.53. The Balaban J connectivity index is 1.26. The van der Waals surface area contributed by atoms with Crippen molar-refractivity contribution >= 4 is 17.3 Å². The molecule has 32 heavy (non-hydrogen) atoms. The number of nitrogens with zero attached hydrogens (tertiary/aromatic N) is 5. The quantitative estimate of drug-likeness (QED) is 0.409. The molecular weight excluding hydrogens is 414 g/mol. The first-order chi connectivity index (χ1) is 15.5. The fraction of sp³-hybridized carbons (Fsp3) is 0.318. The second-order valence-electron chi connectivity index (χ2n) is 7.38. The molecule has 2 aromatic carbocycles. The van der Waals surface area contributed by atoms with Gasteiger partial charge in [0.2, 0.25) is 17.6 Å². The lowest BCUT2D eigenvalue weighted by atomic mass is 10.2. The van der Waals surface area contributed by atoms with Gasteiger partial charge in [0, 0.05) is 62.4 Å². The van der Waals surface area contributed by atoms with Crippen LogP contribution in [0.1, 0.15) is 12.3 Å². The zero-order valence-electron chi connectivity index (χ0n) is 17.6. The van der Waals surface area contributed by atoms with Gasteiger partial charge in [0.05, 0.1) is 12.0 Å². The second-order valence-corrected chi connectivity index (χ2v) is 7.38. The van der Waals surface area contributed by atoms with Gasteiger partial charge in [0.15, 0.2) is 0 Å². The van der Waals surface area contributed by atoms with Crippen molar-refractivity contribution in [3.05, 3.63) is 64.5 Å². The lowest BCUT2D eigenvalue weighted by Crippen LogP contribution is -2.48. The van der Waals surface area contributed by atoms with Gasteiger partial charge in [-0.05, 0) is 36.4 Å². The Bertz CT molecular complexity index is 1070. The van der Waals surface area contributed by atoms with E-state index in [0.717, 1.165) is 17.0 Å². The number of amides is 1. The van der Waals surface area contributed by atoms with Gasteiger partial charge in [-0.25, -0.2) is 0 Å². The van der Waals surface area contributed by atoms with E-state index in [1.54, 1.807) is 19.2 Å². The van der Waals surface area contributed by atoms with Crippen LogP contribution in [-0.4, -0.2) is 59.2 Å². The lowest BCUT2D eigenvalue weighted by molar-refractivity contribution is -0.384. The monoisotopic (exact) mass is 437 g/mol. The van der Waals surface area contributed by atoms with Gasteiger partial charge in [-0.3, -0.25) is 14.9 Å². The van der Waals surface area contributed by atoms with Gasteiger partial charge in [-0.15, -0.1) is 0 Å². The van der Waals surface area contributed by atoms with Gasteiger partial charge in [-0.1, -0.05) is 5.16 Å². The van der Waals surface area contributed by atoms with E-state index in [2.05, 4.69) is 15.0 Å². The zero-order valence-corrected chi connectivity index (χ0v) is 17.6. The summed E-state index contributed by atoms with van der Waals surface area (Å²) in [6, 6.07) is 13.8. The van der Waals surface area contributed by atoms with E-state index in [-0.39, 0.29) is 11.6 Å². The predicted molar refractivity (Wildman–Crippen MR) is 116 cm³/mol. The molecule has 166 valence electrons. The molecule has 1 aliphatic heterocycles. The summed E-state index contributed by atoms with van der Waals surface area (Å²) < 4.78 is 10.4. The van der Waals surface area contributed by atoms with Crippen LogP contribution in [0.2, 0.25) is 0 Å². The van der Waals surface area contributed by atoms with E-state index in [0.29, 0.717) is 50.7 Å². The van der Waals surface area contributed by atoms with E-state index >= 15 is 0 Å². The van der Waals surface area contributed by atoms with E-state index in [4.69, 9.17) is 9.26 Å². The topological polar surface area (TPSA) is 115 Å². The second kappa shape index (κ2) is 9.46. The van der Waals surface area contributed by atoms with Crippen LogP contribution in [0.25, 0.3) is 11.4 Å². The number of non-ortho nitro benzene ring substituents is 1. The van der Waals surface area contributed by atoms with Crippen molar-refractivity contribution in [3.8, 4) is 17.1 Å². The van der Waals surface area contributed by atoms with Gasteiger partial charge in [0.1, 0.15) is 5.75 Å². The van der Waals surface area contributed by atoms with Crippen LogP contribution in [0.4, 0.5) is 11.4 Å². The maximum absolute atomic E-state index is 12.6. The highest BCUT2D eigenvalue weighted by Crippen LogP contribution is 2.22. The molecule has 1 saturated heterocycles. The van der Waals surface area contributed by atoms with E-state index in [1.165, 1.54) is 12.1 Å². The predicted octanol–water partition coefficient (Wildman–Crippen LogP) is 2.93. The summed E-state index contributed by atoms with van der Waals surface area (Å²) in [7, 11) is 1.61. The van der Waals surface area contributed by atoms with Crippen molar-refractivity contribution in [3.63, 3.8) is 0 Å². The summed E-state index contributed by atoms with van der Waals surface area (Å²) in [5.41, 5.74) is 1.80. The number of nitro groups is 1. The molecular formula is C22H23N5O5. The molecule has 0 unspecified atom stereocenters. The number of carbonyl (C=O) groups excluding carboxylic acids is 1. The number of rotatable bonds is 7. The minimum absolute atomic E-state index is 0.0394. The van der Waals surface area contributed by atoms with E-state index < -0.39 is 4.92 Å². The van der Waals surface area contributed by atoms with Gasteiger partial charge < -0.3 is 19.1 Å². The van der Waals surface area contributed by atoms with Crippen LogP contribution >= 0.6 is 0 Å². The smallest absolute Gasteiger partial charge is 0.269 e. The summed E-state index contributed by atoms with van der Waals surface area (Å²) in [5, 5.41) is 14.8. The van der Waals surface area contributed by atoms with Crippen LogP contribution in [-0.2, 0) is 11.2 Å². The molecule has 0 atom stereocenters. The zero-order chi connectivity index (χ0) is 22.5. The molecule has 0 spiro atoms. The molecule has 10 heteroatoms. The van der Waals surface area contributed by atoms with Crippen LogP contribution in [0.15, 0.2) is 53.1 Å². The molecule has 0 bridgehead atoms. The number of piperazine rings is 1. The van der Waals surface area contributed by atoms with Crippen LogP contribution in [0, 0.1) is 10.1 Å². The van der Waals surface area contributed by atoms with E-state index in [1.807, 2.05) is 29.2 Å². The average Bonchev–Trinajstić information content (AvgIpc) is 3.32. The van der Waals surface area contributed by atoms with Crippen molar-refractivity contribution in [1.82, 2.24) is 15.0 Å². The maximum Gasteiger partial charge on any atom is 0.269 e. The Kier molecular flexibility index (Phi) is 6.29. The molecule has 4 rings (SSSR count). The summed E-state index contributed by atoms with van der Waals surface area (Å²) in [4.78, 5) is 31.3. The van der Waals surface area contributed by atoms with Crippen molar-refractivity contribution in [2.75, 3.05) is 38.2 Å². The first-order valence-corrected chi connectivity index (χ1v) is 10.3. The molecule has 10 nitrogen and oxygen atoms in total. The average molecular weight is 437 g/mol. The number of ether oxygens (including phenoxy) is 1. The highest BCUT2D eigenvalue weighted by molar-refractivity contribution is 5.76. The molecule has 1 aromatic heterocycles. The Morgan fingerprint density at radius 1 is 1.09 bits per heavy atom. The number of anilines is 1. The third-order valence-electron chi connectivity index (χ3n) is 5.43. The minimum atomic E-state index is -0.413. The van der Waals surface area contributed by atoms with Gasteiger partial charge in [-0.2, -0.15) is 4.98 Å². The molecule has 3 aromatic rings. The normalized spacial score (nSPS) is 13.8. The summed E-state index contributed by atoms with van der Waals surface area (Å²) in [5.74, 6) is 1.69. The van der Waals surface area contributed by atoms with Gasteiger partial charge in [0.25, 0.3) is 5.69 Å². The van der Waals surface area contributed by atoms with Crippen molar-refractivity contribution in [2.45, 2.75) is 12.8 Å². The van der Waals surface area contributed by atoms with Gasteiger partial charge >= 0.3 is 0 Å². The number of carbonyl (C=O) groups is 1. The molecule has 2 heterocycles. The summed E-state index contributed by atoms with van der Waals surface area (Å²) >= 11 is 0. The Morgan fingerprint density at radius 2 is 1.78 bits per heavy atom. The van der Waals surface area contributed by atoms with Crippen LogP contribution < -0.4 is 9.64 Å². The minimum Gasteiger partial charge on any atom is -0.497 e. The number of nitro benzene ring substituents is 1. The van der Waals surface area contributed by atoms with Crippen LogP contribution in [0.3, 0.4) is 0 Å². The molecule has 0 radical (unpaired) electrons. The Morgan fingerprint density at radius 3 is 2.41 bits per heavy atom. The fourth-order valence-corrected chi connectivity index (χ4v) is 3.58. The number of methoxy groups -OCH3 is 1. The number of aryl methyl sites for hydroxylation is 1. The SMILES string of the molecule is COc1ccc(-c2noc(CCC(=O)N3CCN(c4ccc([N+](=O)[O-])cc4)CC3)n2)cc1. The van der Waals surface area contributed by atoms with Crippen molar-refractivity contribution < 1.29 is 19.0 Å². The molecule has 1 amide bonds. The third-order valence-corrected chi connectivity index (χ3v) is 5.43. The van der Waals surface area contributed by atoms with Crippen molar-refractivity contribution in [1.29, 1.82) is 0 Å². The lowest BCUT2D eigenvalue weighted by Gasteiger charge is -2.36. The highest BCUT2D eigenvalue weighted by atomic mass is 16.6. The fourth-order valence-electron chi connectivity index (χ4n) is 3.58. The molecule has 0 N–H and O–H groups in total. The largest absolute Gasteiger partial charge is 0.497 e. The number of hydrogen-bond acceptors (Lipinski definition) is 8. The number of hydrogen-bond donors (Lipinski definition) is 0. The standard InChI is InChI=1S/C22H23N5O5/c1-31-19-8-2-16(3-9-19)22-23-20(32-24-22)10-11-21(28)26-14-12-25(13-15-26)17-4-6-18(7-5-17)27(29)30/h2-9H,10-15H2,1H3. The highest BCUT2D eigenvalue weighted by Gasteiger charge is 2.22. The Labute approximate surface area is 184 Å². The number of aromatic nitrogens is 2. The Hall–Kier alpha value is -3.95. The maximum atomic E-state index is 12.6. The first-order valence-electron chi connectivity index (χ1n) is 10.3. The molecule has 0 saturated carbocycles. The molecule has 1 aliphatic rings. The van der Waals surface area contributed by atoms with Crippen molar-refractivity contribution in [2.24, 2.45) is 0 Å². The molecule has 0 aliphatic carbocycles. The van der Waals surface area contributed by atoms with E-state index in [9.17, 15) is 14.9 Å². The third kappa shape index (κ3) is 4.85. The van der Waals surface area contributed by atoms with Crippen LogP contribution in [0.5, 0.6) is 5.75 Å².